The van der Waals surface area contributed by atoms with Crippen molar-refractivity contribution in [2.75, 3.05) is 6.61 Å². The lowest BCUT2D eigenvalue weighted by Gasteiger charge is -2.37. The number of carbonyl (C=O) groups is 2. The van der Waals surface area contributed by atoms with Crippen LogP contribution in [0.1, 0.15) is 52.9 Å². The fourth-order valence-corrected chi connectivity index (χ4v) is 2.57. The SMILES string of the molecule is CCOC(=O)CC(=O)C1CCCCC1(C)C. The molecule has 16 heavy (non-hydrogen) atoms. The molecule has 0 radical (unpaired) electrons. The second kappa shape index (κ2) is 5.46. The topological polar surface area (TPSA) is 43.4 Å². The highest BCUT2D eigenvalue weighted by atomic mass is 16.5. The molecule has 1 aliphatic carbocycles. The lowest BCUT2D eigenvalue weighted by atomic mass is 9.67. The third-order valence-corrected chi connectivity index (χ3v) is 3.52. The molecule has 0 N–H and O–H groups in total. The van der Waals surface area contributed by atoms with Crippen molar-refractivity contribution in [1.82, 2.24) is 0 Å². The zero-order valence-electron chi connectivity index (χ0n) is 10.5. The molecular formula is C13H22O3. The van der Waals surface area contributed by atoms with Gasteiger partial charge in [-0.1, -0.05) is 26.7 Å². The predicted molar refractivity (Wildman–Crippen MR) is 62.0 cm³/mol. The van der Waals surface area contributed by atoms with Gasteiger partial charge in [-0.3, -0.25) is 9.59 Å². The third-order valence-electron chi connectivity index (χ3n) is 3.52. The molecule has 1 unspecified atom stereocenters. The quantitative estimate of drug-likeness (QED) is 0.547. The number of esters is 1. The molecule has 3 heteroatoms. The monoisotopic (exact) mass is 226 g/mol. The highest BCUT2D eigenvalue weighted by Gasteiger charge is 2.37. The summed E-state index contributed by atoms with van der Waals surface area (Å²) in [5.74, 6) is -0.289. The number of rotatable bonds is 4. The molecule has 1 rings (SSSR count). The minimum atomic E-state index is -0.381. The Balaban J connectivity index is 2.55. The fraction of sp³-hybridized carbons (Fsp3) is 0.846. The van der Waals surface area contributed by atoms with Gasteiger partial charge in [-0.05, 0) is 25.2 Å². The summed E-state index contributed by atoms with van der Waals surface area (Å²) in [4.78, 5) is 23.3. The highest BCUT2D eigenvalue weighted by molar-refractivity contribution is 5.97. The minimum Gasteiger partial charge on any atom is -0.466 e. The van der Waals surface area contributed by atoms with Crippen LogP contribution in [0.25, 0.3) is 0 Å². The Morgan fingerprint density at radius 2 is 2.00 bits per heavy atom. The number of hydrogen-bond acceptors (Lipinski definition) is 3. The van der Waals surface area contributed by atoms with Crippen molar-refractivity contribution >= 4 is 11.8 Å². The Morgan fingerprint density at radius 3 is 2.56 bits per heavy atom. The highest BCUT2D eigenvalue weighted by Crippen LogP contribution is 2.41. The fourth-order valence-electron chi connectivity index (χ4n) is 2.57. The van der Waals surface area contributed by atoms with Gasteiger partial charge in [0.05, 0.1) is 6.61 Å². The number of Topliss-reactive ketones (excluding diaryl/α,β-unsaturated/α-hetero) is 1. The van der Waals surface area contributed by atoms with Gasteiger partial charge in [0, 0.05) is 5.92 Å². The lowest BCUT2D eigenvalue weighted by molar-refractivity contribution is -0.147. The van der Waals surface area contributed by atoms with E-state index >= 15 is 0 Å². The van der Waals surface area contributed by atoms with Gasteiger partial charge in [-0.25, -0.2) is 0 Å². The molecule has 0 amide bonds. The van der Waals surface area contributed by atoms with E-state index in [1.54, 1.807) is 6.92 Å². The standard InChI is InChI=1S/C13H22O3/c1-4-16-12(15)9-11(14)10-7-5-6-8-13(10,2)3/h10H,4-9H2,1-3H3. The Morgan fingerprint density at radius 1 is 1.31 bits per heavy atom. The van der Waals surface area contributed by atoms with Crippen molar-refractivity contribution in [3.05, 3.63) is 0 Å². The van der Waals surface area contributed by atoms with Crippen LogP contribution in [0.2, 0.25) is 0 Å². The Hall–Kier alpha value is -0.860. The van der Waals surface area contributed by atoms with E-state index < -0.39 is 0 Å². The van der Waals surface area contributed by atoms with Gasteiger partial charge in [-0.2, -0.15) is 0 Å². The van der Waals surface area contributed by atoms with Crippen LogP contribution in [0.15, 0.2) is 0 Å². The van der Waals surface area contributed by atoms with Gasteiger partial charge in [0.15, 0.2) is 0 Å². The molecule has 1 atom stereocenters. The first kappa shape index (κ1) is 13.2. The van der Waals surface area contributed by atoms with Gasteiger partial charge in [0.1, 0.15) is 12.2 Å². The number of carbonyl (C=O) groups excluding carboxylic acids is 2. The van der Waals surface area contributed by atoms with Crippen molar-refractivity contribution in [1.29, 1.82) is 0 Å². The number of ether oxygens (including phenoxy) is 1. The third kappa shape index (κ3) is 3.32. The first-order valence-corrected chi connectivity index (χ1v) is 6.15. The van der Waals surface area contributed by atoms with Gasteiger partial charge in [-0.15, -0.1) is 0 Å². The van der Waals surface area contributed by atoms with Crippen LogP contribution >= 0.6 is 0 Å². The molecule has 1 fully saturated rings. The Bertz CT molecular complexity index is 268. The van der Waals surface area contributed by atoms with Crippen molar-refractivity contribution in [3.63, 3.8) is 0 Å². The first-order chi connectivity index (χ1) is 7.47. The second-order valence-corrected chi connectivity index (χ2v) is 5.24. The number of ketones is 1. The molecule has 92 valence electrons. The van der Waals surface area contributed by atoms with E-state index in [1.807, 2.05) is 0 Å². The first-order valence-electron chi connectivity index (χ1n) is 6.15. The number of hydrogen-bond donors (Lipinski definition) is 0. The van der Waals surface area contributed by atoms with E-state index in [4.69, 9.17) is 4.74 Å². The van der Waals surface area contributed by atoms with E-state index in [9.17, 15) is 9.59 Å². The molecule has 0 saturated heterocycles. The molecule has 0 aromatic carbocycles. The van der Waals surface area contributed by atoms with Gasteiger partial charge < -0.3 is 4.74 Å². The lowest BCUT2D eigenvalue weighted by Crippen LogP contribution is -2.35. The summed E-state index contributed by atoms with van der Waals surface area (Å²) in [5.41, 5.74) is 0.0435. The normalized spacial score (nSPS) is 23.8. The van der Waals surface area contributed by atoms with Crippen molar-refractivity contribution in [2.45, 2.75) is 52.9 Å². The van der Waals surface area contributed by atoms with Crippen LogP contribution in [-0.2, 0) is 14.3 Å². The molecule has 0 heterocycles. The van der Waals surface area contributed by atoms with E-state index in [0.717, 1.165) is 19.3 Å². The summed E-state index contributed by atoms with van der Waals surface area (Å²) in [6.45, 7) is 6.35. The maximum Gasteiger partial charge on any atom is 0.313 e. The van der Waals surface area contributed by atoms with Crippen molar-refractivity contribution in [3.8, 4) is 0 Å². The van der Waals surface area contributed by atoms with Gasteiger partial charge in [0.2, 0.25) is 0 Å². The van der Waals surface area contributed by atoms with Crippen LogP contribution in [0.5, 0.6) is 0 Å². The summed E-state index contributed by atoms with van der Waals surface area (Å²) < 4.78 is 4.81. The maximum atomic E-state index is 12.0. The van der Waals surface area contributed by atoms with Gasteiger partial charge in [0.25, 0.3) is 0 Å². The molecular weight excluding hydrogens is 204 g/mol. The maximum absolute atomic E-state index is 12.0. The summed E-state index contributed by atoms with van der Waals surface area (Å²) in [5, 5.41) is 0. The molecule has 1 saturated carbocycles. The Labute approximate surface area is 97.5 Å². The van der Waals surface area contributed by atoms with E-state index in [1.165, 1.54) is 6.42 Å². The molecule has 0 aromatic heterocycles. The van der Waals surface area contributed by atoms with Crippen LogP contribution in [0, 0.1) is 11.3 Å². The molecule has 1 aliphatic rings. The van der Waals surface area contributed by atoms with E-state index in [-0.39, 0.29) is 29.5 Å². The molecule has 0 spiro atoms. The van der Waals surface area contributed by atoms with E-state index in [0.29, 0.717) is 6.61 Å². The van der Waals surface area contributed by atoms with Gasteiger partial charge >= 0.3 is 5.97 Å². The van der Waals surface area contributed by atoms with Crippen molar-refractivity contribution in [2.24, 2.45) is 11.3 Å². The zero-order valence-corrected chi connectivity index (χ0v) is 10.5. The molecule has 3 nitrogen and oxygen atoms in total. The van der Waals surface area contributed by atoms with Crippen LogP contribution < -0.4 is 0 Å². The minimum absolute atomic E-state index is 0.0330. The second-order valence-electron chi connectivity index (χ2n) is 5.24. The average molecular weight is 226 g/mol. The van der Waals surface area contributed by atoms with Crippen LogP contribution in [-0.4, -0.2) is 18.4 Å². The van der Waals surface area contributed by atoms with Crippen LogP contribution in [0.3, 0.4) is 0 Å². The zero-order chi connectivity index (χ0) is 12.2. The summed E-state index contributed by atoms with van der Waals surface area (Å²) in [6.07, 6.45) is 4.23. The molecule has 0 aliphatic heterocycles. The average Bonchev–Trinajstić information content (AvgIpc) is 2.16. The Kier molecular flexibility index (Phi) is 4.51. The van der Waals surface area contributed by atoms with Crippen LogP contribution in [0.4, 0.5) is 0 Å². The van der Waals surface area contributed by atoms with E-state index in [2.05, 4.69) is 13.8 Å². The molecule has 0 bridgehead atoms. The smallest absolute Gasteiger partial charge is 0.313 e. The predicted octanol–water partition coefficient (Wildman–Crippen LogP) is 2.73. The summed E-state index contributed by atoms with van der Waals surface area (Å²) in [7, 11) is 0. The largest absolute Gasteiger partial charge is 0.466 e. The summed E-state index contributed by atoms with van der Waals surface area (Å²) in [6, 6.07) is 0. The summed E-state index contributed by atoms with van der Waals surface area (Å²) >= 11 is 0. The van der Waals surface area contributed by atoms with Crippen molar-refractivity contribution < 1.29 is 14.3 Å². The molecule has 0 aromatic rings.